The highest BCUT2D eigenvalue weighted by atomic mass is 15.1. The van der Waals surface area contributed by atoms with Crippen molar-refractivity contribution in [2.75, 3.05) is 4.90 Å². The van der Waals surface area contributed by atoms with Crippen molar-refractivity contribution in [3.05, 3.63) is 258 Å². The molecule has 1 heteroatoms. The van der Waals surface area contributed by atoms with Gasteiger partial charge in [-0.05, 0) is 136 Å². The van der Waals surface area contributed by atoms with Crippen molar-refractivity contribution >= 4 is 27.8 Å². The summed E-state index contributed by atoms with van der Waals surface area (Å²) in [5.41, 5.74) is 23.6. The van der Waals surface area contributed by atoms with E-state index < -0.39 is 5.41 Å². The van der Waals surface area contributed by atoms with Gasteiger partial charge in [-0.15, -0.1) is 0 Å². The molecule has 0 aliphatic heterocycles. The molecule has 296 valence electrons. The summed E-state index contributed by atoms with van der Waals surface area (Å²) in [5, 5.41) is 2.64. The van der Waals surface area contributed by atoms with Crippen molar-refractivity contribution in [2.24, 2.45) is 0 Å². The second-order valence-electron chi connectivity index (χ2n) is 18.0. The van der Waals surface area contributed by atoms with E-state index in [9.17, 15) is 0 Å². The van der Waals surface area contributed by atoms with Crippen LogP contribution in [0, 0.1) is 0 Å². The van der Waals surface area contributed by atoms with Gasteiger partial charge in [0.05, 0.1) is 5.41 Å². The molecular formula is C62H43N. The van der Waals surface area contributed by atoms with Crippen LogP contribution in [0.4, 0.5) is 17.1 Å². The van der Waals surface area contributed by atoms with E-state index in [2.05, 4.69) is 243 Å². The van der Waals surface area contributed by atoms with E-state index in [0.717, 1.165) is 17.1 Å². The fraction of sp³-hybridized carbons (Fsp3) is 0.0645. The Morgan fingerprint density at radius 1 is 0.302 bits per heavy atom. The maximum absolute atomic E-state index is 2.51. The first-order valence-electron chi connectivity index (χ1n) is 22.2. The van der Waals surface area contributed by atoms with Crippen molar-refractivity contribution in [2.45, 2.75) is 24.7 Å². The lowest BCUT2D eigenvalue weighted by Gasteiger charge is -2.37. The predicted molar refractivity (Wildman–Crippen MR) is 263 cm³/mol. The normalized spacial score (nSPS) is 14.1. The highest BCUT2D eigenvalue weighted by Crippen LogP contribution is 2.63. The van der Waals surface area contributed by atoms with Crippen LogP contribution in [0.15, 0.2) is 224 Å². The molecule has 13 rings (SSSR count). The fourth-order valence-corrected chi connectivity index (χ4v) is 11.7. The van der Waals surface area contributed by atoms with Gasteiger partial charge < -0.3 is 4.90 Å². The molecule has 0 aromatic heterocycles. The molecule has 10 aromatic rings. The van der Waals surface area contributed by atoms with Crippen LogP contribution >= 0.6 is 0 Å². The molecule has 0 amide bonds. The van der Waals surface area contributed by atoms with Crippen molar-refractivity contribution < 1.29 is 0 Å². The summed E-state index contributed by atoms with van der Waals surface area (Å²) >= 11 is 0. The van der Waals surface area contributed by atoms with E-state index in [4.69, 9.17) is 0 Å². The Labute approximate surface area is 369 Å². The summed E-state index contributed by atoms with van der Waals surface area (Å²) in [4.78, 5) is 2.49. The van der Waals surface area contributed by atoms with Crippen molar-refractivity contribution in [3.63, 3.8) is 0 Å². The molecule has 0 bridgehead atoms. The second-order valence-corrected chi connectivity index (χ2v) is 18.0. The third-order valence-electron chi connectivity index (χ3n) is 14.5. The first kappa shape index (κ1) is 36.0. The molecule has 0 radical (unpaired) electrons. The summed E-state index contributed by atoms with van der Waals surface area (Å²) < 4.78 is 0. The molecule has 3 aliphatic rings. The lowest BCUT2D eigenvalue weighted by molar-refractivity contribution is 0.645. The fourth-order valence-electron chi connectivity index (χ4n) is 11.7. The van der Waals surface area contributed by atoms with Crippen LogP contribution in [0.25, 0.3) is 66.4 Å². The number of fused-ring (bicyclic) bond motifs is 12. The van der Waals surface area contributed by atoms with Gasteiger partial charge >= 0.3 is 0 Å². The summed E-state index contributed by atoms with van der Waals surface area (Å²) in [6.07, 6.45) is 0. The van der Waals surface area contributed by atoms with Crippen LogP contribution in [0.1, 0.15) is 47.2 Å². The molecule has 10 aromatic carbocycles. The van der Waals surface area contributed by atoms with Gasteiger partial charge in [0.15, 0.2) is 0 Å². The summed E-state index contributed by atoms with van der Waals surface area (Å²) in [6.45, 7) is 4.82. The third kappa shape index (κ3) is 4.99. The zero-order valence-electron chi connectivity index (χ0n) is 35.3. The van der Waals surface area contributed by atoms with Gasteiger partial charge in [0, 0.05) is 22.5 Å². The van der Waals surface area contributed by atoms with Gasteiger partial charge in [-0.2, -0.15) is 0 Å². The minimum Gasteiger partial charge on any atom is -0.310 e. The third-order valence-corrected chi connectivity index (χ3v) is 14.5. The summed E-state index contributed by atoms with van der Waals surface area (Å²) in [5.74, 6) is 0. The zero-order chi connectivity index (χ0) is 41.9. The molecule has 0 N–H and O–H groups in total. The summed E-state index contributed by atoms with van der Waals surface area (Å²) in [7, 11) is 0. The van der Waals surface area contributed by atoms with Crippen molar-refractivity contribution in [3.8, 4) is 55.6 Å². The van der Waals surface area contributed by atoms with Crippen LogP contribution < -0.4 is 4.90 Å². The second kappa shape index (κ2) is 13.4. The highest BCUT2D eigenvalue weighted by molar-refractivity contribution is 6.09. The number of rotatable bonds is 5. The van der Waals surface area contributed by atoms with Crippen LogP contribution in [0.3, 0.4) is 0 Å². The Bertz CT molecular complexity index is 3400. The van der Waals surface area contributed by atoms with Gasteiger partial charge in [0.1, 0.15) is 0 Å². The van der Waals surface area contributed by atoms with Gasteiger partial charge in [0.25, 0.3) is 0 Å². The van der Waals surface area contributed by atoms with E-state index in [1.54, 1.807) is 0 Å². The molecule has 1 nitrogen and oxygen atoms in total. The Kier molecular flexibility index (Phi) is 7.64. The topological polar surface area (TPSA) is 3.24 Å². The molecule has 63 heavy (non-hydrogen) atoms. The Hall–Kier alpha value is -7.74. The minimum absolute atomic E-state index is 0.253. The van der Waals surface area contributed by atoms with Crippen molar-refractivity contribution in [1.82, 2.24) is 0 Å². The molecule has 0 atom stereocenters. The number of hydrogen-bond donors (Lipinski definition) is 0. The van der Waals surface area contributed by atoms with Crippen LogP contribution in [-0.2, 0) is 10.8 Å². The molecule has 0 saturated heterocycles. The van der Waals surface area contributed by atoms with E-state index >= 15 is 0 Å². The van der Waals surface area contributed by atoms with E-state index in [-0.39, 0.29) is 5.41 Å². The largest absolute Gasteiger partial charge is 0.310 e. The molecular weight excluding hydrogens is 759 g/mol. The van der Waals surface area contributed by atoms with Gasteiger partial charge in [0.2, 0.25) is 0 Å². The maximum atomic E-state index is 2.51. The zero-order valence-corrected chi connectivity index (χ0v) is 35.3. The number of hydrogen-bond acceptors (Lipinski definition) is 1. The summed E-state index contributed by atoms with van der Waals surface area (Å²) in [6, 6.07) is 84.0. The van der Waals surface area contributed by atoms with Crippen LogP contribution in [0.2, 0.25) is 0 Å². The van der Waals surface area contributed by atoms with E-state index in [0.29, 0.717) is 0 Å². The predicted octanol–water partition coefficient (Wildman–Crippen LogP) is 16.3. The average molecular weight is 802 g/mol. The van der Waals surface area contributed by atoms with E-state index in [1.807, 2.05) is 0 Å². The smallest absolute Gasteiger partial charge is 0.0726 e. The number of anilines is 3. The standard InChI is InChI=1S/C62H43N/c1-61(2)56-27-15-20-43-30-35-47(42-18-7-4-8-19-42)60(59(43)56)52-37-34-45(38-57(52)61)63(44-31-28-41(29-32-44)40-16-5-3-6-17-40)46-33-36-51-50-23-11-14-26-55(50)62(58(51)39-46)53-24-12-9-21-48(53)49-22-10-13-25-54(49)62/h3-39H,1-2H3. The first-order chi connectivity index (χ1) is 31.0. The van der Waals surface area contributed by atoms with Gasteiger partial charge in [-0.25, -0.2) is 0 Å². The molecule has 0 unspecified atom stereocenters. The number of nitrogens with zero attached hydrogens (tertiary/aromatic N) is 1. The first-order valence-corrected chi connectivity index (χ1v) is 22.2. The van der Waals surface area contributed by atoms with Crippen LogP contribution in [-0.4, -0.2) is 0 Å². The lowest BCUT2D eigenvalue weighted by atomic mass is 9.67. The Morgan fingerprint density at radius 2 is 0.762 bits per heavy atom. The SMILES string of the molecule is CC1(C)c2cc(N(c3ccc(-c4ccccc4)cc3)c3ccc4c(c3)C3(c5ccccc5-c5ccccc53)c3ccccc3-4)ccc2-c2c(-c3ccccc3)ccc3cccc1c23. The highest BCUT2D eigenvalue weighted by Gasteiger charge is 2.51. The number of benzene rings is 10. The minimum atomic E-state index is -0.438. The van der Waals surface area contributed by atoms with Crippen LogP contribution in [0.5, 0.6) is 0 Å². The molecule has 0 saturated carbocycles. The molecule has 1 spiro atoms. The quantitative estimate of drug-likeness (QED) is 0.168. The van der Waals surface area contributed by atoms with Crippen molar-refractivity contribution in [1.29, 1.82) is 0 Å². The average Bonchev–Trinajstić information content (AvgIpc) is 3.81. The lowest BCUT2D eigenvalue weighted by Crippen LogP contribution is -2.26. The maximum Gasteiger partial charge on any atom is 0.0726 e. The molecule has 0 heterocycles. The monoisotopic (exact) mass is 801 g/mol. The molecule has 0 fully saturated rings. The Balaban J connectivity index is 1.06. The van der Waals surface area contributed by atoms with Gasteiger partial charge in [-0.3, -0.25) is 0 Å². The van der Waals surface area contributed by atoms with E-state index in [1.165, 1.54) is 99.8 Å². The Morgan fingerprint density at radius 3 is 1.38 bits per heavy atom. The van der Waals surface area contributed by atoms with Gasteiger partial charge in [-0.1, -0.05) is 202 Å². The molecule has 3 aliphatic carbocycles.